The number of hydrogen-bond acceptors (Lipinski definition) is 4. The number of halogens is 1. The van der Waals surface area contributed by atoms with Crippen LogP contribution in [0.1, 0.15) is 32.1 Å². The van der Waals surface area contributed by atoms with Crippen LogP contribution < -0.4 is 21.3 Å². The lowest BCUT2D eigenvalue weighted by Gasteiger charge is -2.37. The molecule has 0 spiro atoms. The van der Waals surface area contributed by atoms with Crippen molar-refractivity contribution in [3.05, 3.63) is 29.3 Å². The molecule has 2 saturated heterocycles. The Morgan fingerprint density at radius 3 is 2.79 bits per heavy atom. The lowest BCUT2D eigenvalue weighted by molar-refractivity contribution is -0.129. The molecule has 4 N–H and O–H groups in total. The second kappa shape index (κ2) is 8.59. The van der Waals surface area contributed by atoms with Crippen molar-refractivity contribution in [3.8, 4) is 0 Å². The Bertz CT molecular complexity index is 800. The fourth-order valence-electron chi connectivity index (χ4n) is 4.09. The van der Waals surface area contributed by atoms with E-state index in [1.807, 2.05) is 0 Å². The van der Waals surface area contributed by atoms with E-state index < -0.39 is 0 Å². The molecule has 3 atom stereocenters. The molecule has 0 aromatic heterocycles. The minimum absolute atomic E-state index is 0.0109. The maximum absolute atomic E-state index is 12.3. The number of nitrogens with one attached hydrogen (secondary N) is 4. The average Bonchev–Trinajstić information content (AvgIpc) is 3.37. The van der Waals surface area contributed by atoms with E-state index in [0.717, 1.165) is 12.8 Å². The Morgan fingerprint density at radius 2 is 2.03 bits per heavy atom. The number of piperazine rings is 1. The van der Waals surface area contributed by atoms with Gasteiger partial charge >= 0.3 is 6.03 Å². The van der Waals surface area contributed by atoms with E-state index in [2.05, 4.69) is 26.2 Å². The largest absolute Gasteiger partial charge is 0.353 e. The van der Waals surface area contributed by atoms with Crippen LogP contribution in [0, 0.1) is 0 Å². The van der Waals surface area contributed by atoms with Crippen molar-refractivity contribution in [1.29, 1.82) is 0 Å². The number of urea groups is 1. The van der Waals surface area contributed by atoms with Crippen LogP contribution in [0.5, 0.6) is 0 Å². The van der Waals surface area contributed by atoms with Crippen LogP contribution in [-0.4, -0.2) is 60.0 Å². The highest BCUT2D eigenvalue weighted by molar-refractivity contribution is 6.30. The Labute approximate surface area is 174 Å². The predicted molar refractivity (Wildman–Crippen MR) is 110 cm³/mol. The molecule has 2 heterocycles. The fourth-order valence-corrected chi connectivity index (χ4v) is 4.28. The first kappa shape index (κ1) is 20.0. The van der Waals surface area contributed by atoms with Gasteiger partial charge in [-0.2, -0.15) is 0 Å². The number of rotatable bonds is 6. The first-order chi connectivity index (χ1) is 14.0. The van der Waals surface area contributed by atoms with Gasteiger partial charge in [0.15, 0.2) is 0 Å². The van der Waals surface area contributed by atoms with Crippen LogP contribution in [0.25, 0.3) is 0 Å². The molecule has 8 nitrogen and oxygen atoms in total. The second-order valence-electron chi connectivity index (χ2n) is 8.03. The van der Waals surface area contributed by atoms with Crippen LogP contribution in [-0.2, 0) is 9.59 Å². The average molecular weight is 420 g/mol. The molecule has 1 aliphatic carbocycles. The van der Waals surface area contributed by atoms with Crippen molar-refractivity contribution < 1.29 is 14.4 Å². The molecule has 1 saturated carbocycles. The Balaban J connectivity index is 1.30. The van der Waals surface area contributed by atoms with Gasteiger partial charge in [-0.1, -0.05) is 17.7 Å². The molecular weight excluding hydrogens is 394 g/mol. The minimum Gasteiger partial charge on any atom is -0.353 e. The standard InChI is InChI=1S/C20H26ClN5O3/c21-12-2-1-3-14(8-12)24-20(29)25-15-9-17-19(28)22-10-16(26(17)11-15)6-7-18(27)23-13-4-5-13/h1-3,8,13,15-17H,4-7,9-11H2,(H,22,28)(H,23,27)(H2,24,25,29)/t15-,16+,17-/m0/s1. The monoisotopic (exact) mass is 419 g/mol. The normalized spacial score (nSPS) is 26.4. The summed E-state index contributed by atoms with van der Waals surface area (Å²) in [6.07, 6.45) is 3.85. The Kier molecular flexibility index (Phi) is 5.91. The molecule has 1 aromatic carbocycles. The molecule has 0 radical (unpaired) electrons. The number of carbonyl (C=O) groups is 3. The van der Waals surface area contributed by atoms with Crippen molar-refractivity contribution in [2.45, 2.75) is 56.3 Å². The molecule has 4 amide bonds. The van der Waals surface area contributed by atoms with Crippen LogP contribution in [0.3, 0.4) is 0 Å². The number of fused-ring (bicyclic) bond motifs is 1. The minimum atomic E-state index is -0.321. The number of benzene rings is 1. The molecule has 3 fully saturated rings. The van der Waals surface area contributed by atoms with Gasteiger partial charge in [-0.15, -0.1) is 0 Å². The van der Waals surface area contributed by atoms with Gasteiger partial charge in [0.05, 0.1) is 6.04 Å². The van der Waals surface area contributed by atoms with E-state index >= 15 is 0 Å². The van der Waals surface area contributed by atoms with E-state index in [1.165, 1.54) is 0 Å². The van der Waals surface area contributed by atoms with Gasteiger partial charge < -0.3 is 21.3 Å². The smallest absolute Gasteiger partial charge is 0.319 e. The molecule has 1 aromatic rings. The maximum atomic E-state index is 12.3. The highest BCUT2D eigenvalue weighted by Crippen LogP contribution is 2.26. The van der Waals surface area contributed by atoms with Crippen LogP contribution >= 0.6 is 11.6 Å². The zero-order chi connectivity index (χ0) is 20.4. The molecule has 29 heavy (non-hydrogen) atoms. The molecule has 2 aliphatic heterocycles. The molecule has 3 aliphatic rings. The molecule has 4 rings (SSSR count). The SMILES string of the molecule is O=C(CC[C@@H]1CNC(=O)[C@@H]2C[C@H](NC(=O)Nc3cccc(Cl)c3)CN12)NC1CC1. The van der Waals surface area contributed by atoms with Gasteiger partial charge in [0.2, 0.25) is 11.8 Å². The van der Waals surface area contributed by atoms with Crippen molar-refractivity contribution in [3.63, 3.8) is 0 Å². The lowest BCUT2D eigenvalue weighted by Crippen LogP contribution is -2.58. The summed E-state index contributed by atoms with van der Waals surface area (Å²) in [5, 5.41) is 12.2. The molecule has 0 unspecified atom stereocenters. The lowest BCUT2D eigenvalue weighted by atomic mass is 10.0. The maximum Gasteiger partial charge on any atom is 0.319 e. The summed E-state index contributed by atoms with van der Waals surface area (Å²) in [5.74, 6) is 0.0685. The van der Waals surface area contributed by atoms with Crippen molar-refractivity contribution in [1.82, 2.24) is 20.9 Å². The highest BCUT2D eigenvalue weighted by atomic mass is 35.5. The molecule has 9 heteroatoms. The van der Waals surface area contributed by atoms with Gasteiger partial charge in [0.25, 0.3) is 0 Å². The molecular formula is C20H26ClN5O3. The van der Waals surface area contributed by atoms with E-state index in [0.29, 0.717) is 49.1 Å². The summed E-state index contributed by atoms with van der Waals surface area (Å²) in [6.45, 7) is 1.13. The number of carbonyl (C=O) groups excluding carboxylic acids is 3. The topological polar surface area (TPSA) is 103 Å². The van der Waals surface area contributed by atoms with E-state index in [4.69, 9.17) is 11.6 Å². The summed E-state index contributed by atoms with van der Waals surface area (Å²) in [7, 11) is 0. The summed E-state index contributed by atoms with van der Waals surface area (Å²) in [4.78, 5) is 38.8. The van der Waals surface area contributed by atoms with Gasteiger partial charge in [0, 0.05) is 48.3 Å². The Hall–Kier alpha value is -2.32. The van der Waals surface area contributed by atoms with Crippen LogP contribution in [0.2, 0.25) is 5.02 Å². The quantitative estimate of drug-likeness (QED) is 0.560. The zero-order valence-electron chi connectivity index (χ0n) is 16.1. The van der Waals surface area contributed by atoms with Crippen LogP contribution in [0.4, 0.5) is 10.5 Å². The molecule has 0 bridgehead atoms. The fraction of sp³-hybridized carbons (Fsp3) is 0.550. The van der Waals surface area contributed by atoms with Crippen molar-refractivity contribution in [2.75, 3.05) is 18.4 Å². The van der Waals surface area contributed by atoms with Crippen molar-refractivity contribution in [2.24, 2.45) is 0 Å². The Morgan fingerprint density at radius 1 is 1.21 bits per heavy atom. The first-order valence-electron chi connectivity index (χ1n) is 10.1. The number of nitrogens with zero attached hydrogens (tertiary/aromatic N) is 1. The van der Waals surface area contributed by atoms with E-state index in [1.54, 1.807) is 24.3 Å². The first-order valence-corrected chi connectivity index (χ1v) is 10.5. The molecule has 156 valence electrons. The summed E-state index contributed by atoms with van der Waals surface area (Å²) in [5.41, 5.74) is 0.614. The van der Waals surface area contributed by atoms with Crippen molar-refractivity contribution >= 4 is 35.1 Å². The van der Waals surface area contributed by atoms with E-state index in [-0.39, 0.29) is 36.0 Å². The summed E-state index contributed by atoms with van der Waals surface area (Å²) < 4.78 is 0. The van der Waals surface area contributed by atoms with Gasteiger partial charge in [-0.25, -0.2) is 4.79 Å². The van der Waals surface area contributed by atoms with Gasteiger partial charge in [-0.05, 0) is 43.9 Å². The van der Waals surface area contributed by atoms with Gasteiger partial charge in [-0.3, -0.25) is 14.5 Å². The number of hydrogen-bond donors (Lipinski definition) is 4. The van der Waals surface area contributed by atoms with Gasteiger partial charge in [0.1, 0.15) is 0 Å². The highest BCUT2D eigenvalue weighted by Gasteiger charge is 2.43. The zero-order valence-corrected chi connectivity index (χ0v) is 16.9. The third-order valence-electron chi connectivity index (χ3n) is 5.69. The second-order valence-corrected chi connectivity index (χ2v) is 8.47. The third-order valence-corrected chi connectivity index (χ3v) is 5.92. The third kappa shape index (κ3) is 5.19. The summed E-state index contributed by atoms with van der Waals surface area (Å²) in [6, 6.07) is 6.69. The number of anilines is 1. The van der Waals surface area contributed by atoms with Crippen LogP contribution in [0.15, 0.2) is 24.3 Å². The van der Waals surface area contributed by atoms with E-state index in [9.17, 15) is 14.4 Å². The number of amides is 4. The summed E-state index contributed by atoms with van der Waals surface area (Å²) >= 11 is 5.95. The predicted octanol–water partition coefficient (Wildman–Crippen LogP) is 1.46.